The third kappa shape index (κ3) is 4.29. The summed E-state index contributed by atoms with van der Waals surface area (Å²) >= 11 is 3.17. The molecule has 2 aromatic rings. The molecule has 2 heterocycles. The van der Waals surface area contributed by atoms with E-state index in [4.69, 9.17) is 4.42 Å². The largest absolute Gasteiger partial charge is 0.415 e. The van der Waals surface area contributed by atoms with E-state index in [9.17, 15) is 4.79 Å². The predicted octanol–water partition coefficient (Wildman–Crippen LogP) is 3.46. The number of nitrogens with zero attached hydrogens (tertiary/aromatic N) is 3. The summed E-state index contributed by atoms with van der Waals surface area (Å²) in [7, 11) is 0. The summed E-state index contributed by atoms with van der Waals surface area (Å²) in [6.45, 7) is 1.76. The van der Waals surface area contributed by atoms with Gasteiger partial charge in [-0.25, -0.2) is 0 Å². The van der Waals surface area contributed by atoms with Gasteiger partial charge in [0.2, 0.25) is 5.89 Å². The first kappa shape index (κ1) is 16.4. The van der Waals surface area contributed by atoms with Crippen LogP contribution in [0, 0.1) is 0 Å². The third-order valence-electron chi connectivity index (χ3n) is 3.67. The molecule has 122 valence electrons. The number of likely N-dealkylation sites (tertiary alicyclic amines) is 1. The highest BCUT2D eigenvalue weighted by molar-refractivity contribution is 7.98. The SMILES string of the molecule is CSCc1nnc(SCc2ccc(C(=O)N3CCCC3)cc2)o1. The number of aromatic nitrogens is 2. The molecule has 7 heteroatoms. The van der Waals surface area contributed by atoms with Gasteiger partial charge in [0.15, 0.2) is 0 Å². The van der Waals surface area contributed by atoms with Gasteiger partial charge in [0.1, 0.15) is 0 Å². The molecule has 0 unspecified atom stereocenters. The molecule has 3 rings (SSSR count). The minimum Gasteiger partial charge on any atom is -0.415 e. The van der Waals surface area contributed by atoms with Crippen molar-refractivity contribution in [2.24, 2.45) is 0 Å². The summed E-state index contributed by atoms with van der Waals surface area (Å²) in [5.74, 6) is 2.28. The minimum absolute atomic E-state index is 0.139. The Labute approximate surface area is 144 Å². The lowest BCUT2D eigenvalue weighted by Gasteiger charge is -2.15. The number of rotatable bonds is 6. The molecule has 1 saturated heterocycles. The van der Waals surface area contributed by atoms with Crippen LogP contribution in [0.4, 0.5) is 0 Å². The van der Waals surface area contributed by atoms with Crippen LogP contribution in [0.5, 0.6) is 0 Å². The Kier molecular flexibility index (Phi) is 5.61. The summed E-state index contributed by atoms with van der Waals surface area (Å²) in [4.78, 5) is 14.2. The summed E-state index contributed by atoms with van der Waals surface area (Å²) in [6.07, 6.45) is 4.23. The van der Waals surface area contributed by atoms with Crippen molar-refractivity contribution < 1.29 is 9.21 Å². The van der Waals surface area contributed by atoms with Crippen molar-refractivity contribution in [1.82, 2.24) is 15.1 Å². The van der Waals surface area contributed by atoms with Crippen molar-refractivity contribution in [2.75, 3.05) is 19.3 Å². The Morgan fingerprint density at radius 1 is 1.17 bits per heavy atom. The van der Waals surface area contributed by atoms with Crippen LogP contribution in [0.25, 0.3) is 0 Å². The summed E-state index contributed by atoms with van der Waals surface area (Å²) in [5, 5.41) is 8.60. The van der Waals surface area contributed by atoms with Crippen LogP contribution in [0.1, 0.15) is 34.7 Å². The molecule has 0 spiro atoms. The lowest BCUT2D eigenvalue weighted by atomic mass is 10.1. The molecule has 1 aliphatic rings. The Morgan fingerprint density at radius 2 is 1.91 bits per heavy atom. The summed E-state index contributed by atoms with van der Waals surface area (Å²) < 4.78 is 5.53. The molecule has 1 aromatic heterocycles. The predicted molar refractivity (Wildman–Crippen MR) is 92.7 cm³/mol. The van der Waals surface area contributed by atoms with E-state index in [0.29, 0.717) is 11.1 Å². The average molecular weight is 349 g/mol. The molecular formula is C16H19N3O2S2. The molecule has 23 heavy (non-hydrogen) atoms. The van der Waals surface area contributed by atoms with Crippen LogP contribution in [0.2, 0.25) is 0 Å². The van der Waals surface area contributed by atoms with Gasteiger partial charge < -0.3 is 9.32 Å². The molecule has 0 saturated carbocycles. The smallest absolute Gasteiger partial charge is 0.276 e. The summed E-state index contributed by atoms with van der Waals surface area (Å²) in [5.41, 5.74) is 1.90. The van der Waals surface area contributed by atoms with Gasteiger partial charge in [-0.3, -0.25) is 4.79 Å². The number of hydrogen-bond acceptors (Lipinski definition) is 6. The fourth-order valence-electron chi connectivity index (χ4n) is 2.47. The fraction of sp³-hybridized carbons (Fsp3) is 0.438. The molecule has 1 fully saturated rings. The highest BCUT2D eigenvalue weighted by Gasteiger charge is 2.19. The monoisotopic (exact) mass is 349 g/mol. The lowest BCUT2D eigenvalue weighted by Crippen LogP contribution is -2.27. The van der Waals surface area contributed by atoms with E-state index in [2.05, 4.69) is 10.2 Å². The molecule has 0 radical (unpaired) electrons. The van der Waals surface area contributed by atoms with Crippen LogP contribution in [-0.4, -0.2) is 40.3 Å². The van der Waals surface area contributed by atoms with Crippen LogP contribution in [0.3, 0.4) is 0 Å². The molecule has 0 aliphatic carbocycles. The zero-order chi connectivity index (χ0) is 16.1. The van der Waals surface area contributed by atoms with Gasteiger partial charge in [-0.15, -0.1) is 10.2 Å². The first-order chi connectivity index (χ1) is 11.3. The van der Waals surface area contributed by atoms with Crippen molar-refractivity contribution in [3.8, 4) is 0 Å². The maximum atomic E-state index is 12.3. The minimum atomic E-state index is 0.139. The van der Waals surface area contributed by atoms with E-state index in [1.807, 2.05) is 35.4 Å². The van der Waals surface area contributed by atoms with Gasteiger partial charge in [0.25, 0.3) is 11.1 Å². The van der Waals surface area contributed by atoms with E-state index in [0.717, 1.165) is 48.6 Å². The van der Waals surface area contributed by atoms with Crippen LogP contribution in [-0.2, 0) is 11.5 Å². The second kappa shape index (κ2) is 7.88. The lowest BCUT2D eigenvalue weighted by molar-refractivity contribution is 0.0793. The van der Waals surface area contributed by atoms with Gasteiger partial charge in [-0.1, -0.05) is 23.9 Å². The van der Waals surface area contributed by atoms with Crippen LogP contribution < -0.4 is 0 Å². The Balaban J connectivity index is 1.55. The normalized spacial score (nSPS) is 14.4. The Morgan fingerprint density at radius 3 is 2.61 bits per heavy atom. The first-order valence-electron chi connectivity index (χ1n) is 7.58. The number of benzene rings is 1. The zero-order valence-corrected chi connectivity index (χ0v) is 14.7. The van der Waals surface area contributed by atoms with Crippen molar-refractivity contribution in [3.63, 3.8) is 0 Å². The molecule has 0 bridgehead atoms. The van der Waals surface area contributed by atoms with E-state index < -0.39 is 0 Å². The third-order valence-corrected chi connectivity index (χ3v) is 5.10. The Hall–Kier alpha value is -1.47. The fourth-order valence-corrected chi connectivity index (χ4v) is 3.57. The topological polar surface area (TPSA) is 59.2 Å². The average Bonchev–Trinajstić information content (AvgIpc) is 3.25. The van der Waals surface area contributed by atoms with E-state index in [-0.39, 0.29) is 5.91 Å². The van der Waals surface area contributed by atoms with Gasteiger partial charge in [-0.2, -0.15) is 11.8 Å². The molecule has 5 nitrogen and oxygen atoms in total. The number of amides is 1. The van der Waals surface area contributed by atoms with Crippen molar-refractivity contribution in [3.05, 3.63) is 41.3 Å². The van der Waals surface area contributed by atoms with Gasteiger partial charge in [-0.05, 0) is 36.8 Å². The van der Waals surface area contributed by atoms with E-state index in [1.165, 1.54) is 11.8 Å². The van der Waals surface area contributed by atoms with Gasteiger partial charge >= 0.3 is 0 Å². The number of carbonyl (C=O) groups excluding carboxylic acids is 1. The summed E-state index contributed by atoms with van der Waals surface area (Å²) in [6, 6.07) is 7.80. The van der Waals surface area contributed by atoms with Gasteiger partial charge in [0, 0.05) is 24.4 Å². The highest BCUT2D eigenvalue weighted by Crippen LogP contribution is 2.23. The molecular weight excluding hydrogens is 330 g/mol. The second-order valence-electron chi connectivity index (χ2n) is 5.38. The quantitative estimate of drug-likeness (QED) is 0.744. The van der Waals surface area contributed by atoms with Crippen LogP contribution >= 0.6 is 23.5 Å². The maximum absolute atomic E-state index is 12.3. The maximum Gasteiger partial charge on any atom is 0.276 e. The first-order valence-corrected chi connectivity index (χ1v) is 9.96. The zero-order valence-electron chi connectivity index (χ0n) is 13.0. The highest BCUT2D eigenvalue weighted by atomic mass is 32.2. The van der Waals surface area contributed by atoms with Crippen molar-refractivity contribution >= 4 is 29.4 Å². The van der Waals surface area contributed by atoms with Crippen molar-refractivity contribution in [1.29, 1.82) is 0 Å². The van der Waals surface area contributed by atoms with Crippen LogP contribution in [0.15, 0.2) is 33.9 Å². The molecule has 1 aromatic carbocycles. The number of thioether (sulfide) groups is 2. The van der Waals surface area contributed by atoms with E-state index >= 15 is 0 Å². The number of carbonyl (C=O) groups is 1. The molecule has 0 atom stereocenters. The Bertz CT molecular complexity index is 652. The molecule has 1 amide bonds. The molecule has 1 aliphatic heterocycles. The molecule has 0 N–H and O–H groups in total. The van der Waals surface area contributed by atoms with Gasteiger partial charge in [0.05, 0.1) is 5.75 Å². The number of hydrogen-bond donors (Lipinski definition) is 0. The van der Waals surface area contributed by atoms with Crippen molar-refractivity contribution in [2.45, 2.75) is 29.6 Å². The van der Waals surface area contributed by atoms with E-state index in [1.54, 1.807) is 11.8 Å². The standard InChI is InChI=1S/C16H19N3O2S2/c1-22-11-14-17-18-16(21-14)23-10-12-4-6-13(7-5-12)15(20)19-8-2-3-9-19/h4-7H,2-3,8-11H2,1H3. The second-order valence-corrected chi connectivity index (χ2v) is 7.17.